The number of para-hydroxylation sites is 2. The van der Waals surface area contributed by atoms with Crippen LogP contribution in [-0.4, -0.2) is 45.4 Å². The summed E-state index contributed by atoms with van der Waals surface area (Å²) >= 11 is 1.72. The number of amides is 1. The van der Waals surface area contributed by atoms with E-state index in [0.29, 0.717) is 5.92 Å². The van der Waals surface area contributed by atoms with Crippen LogP contribution in [0.5, 0.6) is 0 Å². The van der Waals surface area contributed by atoms with Gasteiger partial charge in [0.15, 0.2) is 0 Å². The summed E-state index contributed by atoms with van der Waals surface area (Å²) in [5, 5.41) is 0.938. The lowest BCUT2D eigenvalue weighted by molar-refractivity contribution is 0.0177. The summed E-state index contributed by atoms with van der Waals surface area (Å²) in [6, 6.07) is 7.90. The molecule has 1 aromatic carbocycles. The largest absolute Gasteiger partial charge is 0.444 e. The Labute approximate surface area is 153 Å². The molecule has 0 saturated carbocycles. The van der Waals surface area contributed by atoms with Gasteiger partial charge >= 0.3 is 6.09 Å². The second-order valence-corrected chi connectivity index (χ2v) is 8.48. The molecule has 0 aliphatic carbocycles. The van der Waals surface area contributed by atoms with Gasteiger partial charge in [-0.25, -0.2) is 9.78 Å². The number of ether oxygens (including phenoxy) is 1. The average molecular weight is 359 g/mol. The summed E-state index contributed by atoms with van der Waals surface area (Å²) in [5.41, 5.74) is 1.39. The predicted molar refractivity (Wildman–Crippen MR) is 101 cm³/mol. The molecule has 2 aromatic rings. The normalized spacial score (nSPS) is 18.4. The van der Waals surface area contributed by atoms with Gasteiger partial charge in [0, 0.05) is 18.8 Å². The highest BCUT2D eigenvalue weighted by Gasteiger charge is 2.27. The van der Waals surface area contributed by atoms with E-state index in [2.05, 4.69) is 9.97 Å². The number of benzene rings is 1. The Balaban J connectivity index is 1.56. The van der Waals surface area contributed by atoms with E-state index < -0.39 is 5.60 Å². The molecule has 1 atom stereocenters. The first-order valence-electron chi connectivity index (χ1n) is 8.73. The first-order chi connectivity index (χ1) is 11.9. The van der Waals surface area contributed by atoms with Gasteiger partial charge in [-0.1, -0.05) is 12.1 Å². The van der Waals surface area contributed by atoms with E-state index in [0.717, 1.165) is 47.7 Å². The van der Waals surface area contributed by atoms with Crippen molar-refractivity contribution in [1.29, 1.82) is 0 Å². The first-order valence-corrected chi connectivity index (χ1v) is 9.72. The van der Waals surface area contributed by atoms with Crippen molar-refractivity contribution in [1.82, 2.24) is 14.9 Å². The Morgan fingerprint density at radius 3 is 2.84 bits per heavy atom. The van der Waals surface area contributed by atoms with E-state index in [1.54, 1.807) is 11.8 Å². The van der Waals surface area contributed by atoms with Gasteiger partial charge in [0.1, 0.15) is 10.6 Å². The zero-order valence-corrected chi connectivity index (χ0v) is 15.9. The topological polar surface area (TPSA) is 55.3 Å². The van der Waals surface area contributed by atoms with Gasteiger partial charge in [-0.15, -0.1) is 11.8 Å². The van der Waals surface area contributed by atoms with Crippen molar-refractivity contribution in [2.24, 2.45) is 5.92 Å². The predicted octanol–water partition coefficient (Wildman–Crippen LogP) is 4.37. The fourth-order valence-corrected chi connectivity index (χ4v) is 3.88. The Bertz CT molecular complexity index is 745. The number of aromatic nitrogens is 2. The number of fused-ring (bicyclic) bond motifs is 1. The van der Waals surface area contributed by atoms with Gasteiger partial charge in [0.25, 0.3) is 0 Å². The third-order valence-corrected chi connectivity index (χ3v) is 5.19. The molecule has 5 nitrogen and oxygen atoms in total. The number of likely N-dealkylation sites (tertiary alicyclic amines) is 1. The third-order valence-electron chi connectivity index (χ3n) is 4.06. The minimum Gasteiger partial charge on any atom is -0.444 e. The van der Waals surface area contributed by atoms with Gasteiger partial charge < -0.3 is 9.64 Å². The molecule has 0 spiro atoms. The first kappa shape index (κ1) is 18.0. The third kappa shape index (κ3) is 5.08. The van der Waals surface area contributed by atoms with E-state index in [9.17, 15) is 4.79 Å². The summed E-state index contributed by atoms with van der Waals surface area (Å²) in [5.74, 6) is 1.39. The summed E-state index contributed by atoms with van der Waals surface area (Å²) in [6.07, 6.45) is 3.79. The van der Waals surface area contributed by atoms with Crippen LogP contribution in [0.25, 0.3) is 11.0 Å². The van der Waals surface area contributed by atoms with Crippen LogP contribution in [0.3, 0.4) is 0 Å². The van der Waals surface area contributed by atoms with Crippen molar-refractivity contribution in [2.75, 3.05) is 18.8 Å². The lowest BCUT2D eigenvalue weighted by Gasteiger charge is -2.34. The minimum absolute atomic E-state index is 0.201. The lowest BCUT2D eigenvalue weighted by Crippen LogP contribution is -2.43. The average Bonchev–Trinajstić information content (AvgIpc) is 2.58. The second-order valence-electron chi connectivity index (χ2n) is 7.44. The number of hydrogen-bond donors (Lipinski definition) is 0. The molecule has 0 bridgehead atoms. The van der Waals surface area contributed by atoms with Gasteiger partial charge in [0.2, 0.25) is 0 Å². The molecular formula is C19H25N3O2S. The second kappa shape index (κ2) is 7.60. The standard InChI is InChI=1S/C19H25N3O2S/c1-19(2,3)24-18(23)22-10-6-7-14(12-22)13-25-17-11-20-15-8-4-5-9-16(15)21-17/h4-5,8-9,11,14H,6-7,10,12-13H2,1-3H3/t14-/m1/s1. The highest BCUT2D eigenvalue weighted by molar-refractivity contribution is 7.99. The minimum atomic E-state index is -0.445. The Kier molecular flexibility index (Phi) is 5.47. The molecule has 1 aliphatic heterocycles. The monoisotopic (exact) mass is 359 g/mol. The van der Waals surface area contributed by atoms with E-state index in [1.165, 1.54) is 0 Å². The highest BCUT2D eigenvalue weighted by atomic mass is 32.2. The summed E-state index contributed by atoms with van der Waals surface area (Å²) in [7, 11) is 0. The van der Waals surface area contributed by atoms with Crippen molar-refractivity contribution < 1.29 is 9.53 Å². The molecule has 1 amide bonds. The van der Waals surface area contributed by atoms with Gasteiger partial charge in [0.05, 0.1) is 17.2 Å². The zero-order chi connectivity index (χ0) is 17.9. The molecule has 0 N–H and O–H groups in total. The van der Waals surface area contributed by atoms with Crippen LogP contribution in [0, 0.1) is 5.92 Å². The molecule has 1 saturated heterocycles. The fourth-order valence-electron chi connectivity index (χ4n) is 2.91. The number of thioether (sulfide) groups is 1. The van der Waals surface area contributed by atoms with Crippen LogP contribution >= 0.6 is 11.8 Å². The van der Waals surface area contributed by atoms with E-state index in [4.69, 9.17) is 4.74 Å². The summed E-state index contributed by atoms with van der Waals surface area (Å²) < 4.78 is 5.49. The quantitative estimate of drug-likeness (QED) is 0.762. The molecule has 6 heteroatoms. The molecular weight excluding hydrogens is 334 g/mol. The smallest absolute Gasteiger partial charge is 0.410 e. The molecule has 134 valence electrons. The van der Waals surface area contributed by atoms with Gasteiger partial charge in [-0.3, -0.25) is 4.98 Å². The van der Waals surface area contributed by atoms with Gasteiger partial charge in [-0.2, -0.15) is 0 Å². The van der Waals surface area contributed by atoms with Crippen LogP contribution in [0.1, 0.15) is 33.6 Å². The number of hydrogen-bond acceptors (Lipinski definition) is 5. The SMILES string of the molecule is CC(C)(C)OC(=O)N1CCC[C@@H](CSc2cnc3ccccc3n2)C1. The molecule has 3 rings (SSSR count). The lowest BCUT2D eigenvalue weighted by atomic mass is 10.0. The Morgan fingerprint density at radius 2 is 2.08 bits per heavy atom. The highest BCUT2D eigenvalue weighted by Crippen LogP contribution is 2.26. The number of piperidine rings is 1. The number of carbonyl (C=O) groups excluding carboxylic acids is 1. The van der Waals surface area contributed by atoms with E-state index in [1.807, 2.05) is 56.1 Å². The van der Waals surface area contributed by atoms with Crippen molar-refractivity contribution in [3.63, 3.8) is 0 Å². The van der Waals surface area contributed by atoms with Gasteiger partial charge in [-0.05, 0) is 51.7 Å². The zero-order valence-electron chi connectivity index (χ0n) is 15.1. The van der Waals surface area contributed by atoms with Crippen LogP contribution in [0.15, 0.2) is 35.5 Å². The Hall–Kier alpha value is -1.82. The molecule has 2 heterocycles. The number of carbonyl (C=O) groups is 1. The maximum Gasteiger partial charge on any atom is 0.410 e. The molecule has 1 fully saturated rings. The van der Waals surface area contributed by atoms with E-state index in [-0.39, 0.29) is 6.09 Å². The number of rotatable bonds is 3. The summed E-state index contributed by atoms with van der Waals surface area (Å²) in [6.45, 7) is 7.25. The maximum atomic E-state index is 12.3. The molecule has 1 aliphatic rings. The van der Waals surface area contributed by atoms with E-state index >= 15 is 0 Å². The van der Waals surface area contributed by atoms with Crippen molar-refractivity contribution in [3.8, 4) is 0 Å². The van der Waals surface area contributed by atoms with Crippen LogP contribution in [0.4, 0.5) is 4.79 Å². The molecule has 25 heavy (non-hydrogen) atoms. The van der Waals surface area contributed by atoms with Crippen LogP contribution in [0.2, 0.25) is 0 Å². The maximum absolute atomic E-state index is 12.3. The number of nitrogens with zero attached hydrogens (tertiary/aromatic N) is 3. The summed E-state index contributed by atoms with van der Waals surface area (Å²) in [4.78, 5) is 23.2. The van der Waals surface area contributed by atoms with Crippen molar-refractivity contribution >= 4 is 28.9 Å². The molecule has 0 radical (unpaired) electrons. The molecule has 1 aromatic heterocycles. The fraction of sp³-hybridized carbons (Fsp3) is 0.526. The Morgan fingerprint density at radius 1 is 1.32 bits per heavy atom. The van der Waals surface area contributed by atoms with Crippen LogP contribution < -0.4 is 0 Å². The van der Waals surface area contributed by atoms with Crippen LogP contribution in [-0.2, 0) is 4.74 Å². The van der Waals surface area contributed by atoms with Crippen molar-refractivity contribution in [2.45, 2.75) is 44.2 Å². The molecule has 0 unspecified atom stereocenters. The van der Waals surface area contributed by atoms with Crippen molar-refractivity contribution in [3.05, 3.63) is 30.5 Å².